The van der Waals surface area contributed by atoms with Crippen LogP contribution >= 0.6 is 11.6 Å². The van der Waals surface area contributed by atoms with Gasteiger partial charge in [-0.3, -0.25) is 4.79 Å². The highest BCUT2D eigenvalue weighted by Crippen LogP contribution is 2.27. The summed E-state index contributed by atoms with van der Waals surface area (Å²) in [4.78, 5) is 13.1. The molecule has 0 bridgehead atoms. The summed E-state index contributed by atoms with van der Waals surface area (Å²) in [7, 11) is -2.20. The molecular formula is C24H25ClN2O4S. The number of anilines is 1. The maximum absolute atomic E-state index is 12.9. The van der Waals surface area contributed by atoms with Crippen LogP contribution in [0.4, 0.5) is 5.69 Å². The Labute approximate surface area is 193 Å². The Balaban J connectivity index is 1.89. The second-order valence-corrected chi connectivity index (χ2v) is 9.65. The van der Waals surface area contributed by atoms with E-state index in [9.17, 15) is 13.2 Å². The molecule has 1 amide bonds. The fourth-order valence-electron chi connectivity index (χ4n) is 3.18. The molecule has 0 aliphatic carbocycles. The number of sulfonamides is 1. The number of nitrogens with one attached hydrogen (secondary N) is 1. The molecule has 3 aromatic carbocycles. The molecule has 6 nitrogen and oxygen atoms in total. The highest BCUT2D eigenvalue weighted by atomic mass is 35.5. The van der Waals surface area contributed by atoms with Crippen LogP contribution in [0.5, 0.6) is 5.75 Å². The fraction of sp³-hybridized carbons (Fsp3) is 0.208. The molecule has 3 aromatic rings. The predicted molar refractivity (Wildman–Crippen MR) is 127 cm³/mol. The lowest BCUT2D eigenvalue weighted by Crippen LogP contribution is -2.27. The van der Waals surface area contributed by atoms with Crippen LogP contribution in [0.2, 0.25) is 5.02 Å². The highest BCUT2D eigenvalue weighted by Gasteiger charge is 2.22. The minimum Gasteiger partial charge on any atom is -0.494 e. The SMILES string of the molecule is CCOc1ccc(C(=O)Nc2cccc(Cl)c2C)cc1CN(C)S(=O)(=O)c1ccccc1. The normalized spacial score (nSPS) is 11.4. The van der Waals surface area contributed by atoms with Crippen molar-refractivity contribution in [3.05, 3.63) is 88.4 Å². The lowest BCUT2D eigenvalue weighted by atomic mass is 10.1. The van der Waals surface area contributed by atoms with E-state index in [1.165, 1.54) is 11.4 Å². The largest absolute Gasteiger partial charge is 0.494 e. The molecule has 0 saturated carbocycles. The zero-order chi connectivity index (χ0) is 23.3. The Bertz CT molecular complexity index is 1210. The third kappa shape index (κ3) is 5.30. The number of rotatable bonds is 8. The first kappa shape index (κ1) is 23.8. The van der Waals surface area contributed by atoms with Crippen LogP contribution in [0.15, 0.2) is 71.6 Å². The first-order valence-electron chi connectivity index (χ1n) is 10.1. The third-order valence-corrected chi connectivity index (χ3v) is 7.21. The molecule has 0 aromatic heterocycles. The number of carbonyl (C=O) groups excluding carboxylic acids is 1. The average molecular weight is 473 g/mol. The van der Waals surface area contributed by atoms with Crippen molar-refractivity contribution in [2.45, 2.75) is 25.3 Å². The maximum Gasteiger partial charge on any atom is 0.255 e. The van der Waals surface area contributed by atoms with Crippen molar-refractivity contribution in [3.8, 4) is 5.75 Å². The predicted octanol–water partition coefficient (Wildman–Crippen LogP) is 5.12. The lowest BCUT2D eigenvalue weighted by molar-refractivity contribution is 0.102. The summed E-state index contributed by atoms with van der Waals surface area (Å²) >= 11 is 6.14. The zero-order valence-corrected chi connectivity index (χ0v) is 19.7. The summed E-state index contributed by atoms with van der Waals surface area (Å²) in [5.74, 6) is 0.200. The Hall–Kier alpha value is -2.87. The van der Waals surface area contributed by atoms with Gasteiger partial charge in [-0.15, -0.1) is 0 Å². The molecule has 0 fully saturated rings. The van der Waals surface area contributed by atoms with Crippen molar-refractivity contribution in [1.29, 1.82) is 0 Å². The van der Waals surface area contributed by atoms with Crippen molar-refractivity contribution >= 4 is 33.2 Å². The Morgan fingerprint density at radius 3 is 2.47 bits per heavy atom. The minimum atomic E-state index is -3.70. The lowest BCUT2D eigenvalue weighted by Gasteiger charge is -2.20. The molecule has 0 spiro atoms. The van der Waals surface area contributed by atoms with E-state index < -0.39 is 10.0 Å². The van der Waals surface area contributed by atoms with E-state index in [0.717, 1.165) is 5.56 Å². The first-order valence-corrected chi connectivity index (χ1v) is 11.9. The number of nitrogens with zero attached hydrogens (tertiary/aromatic N) is 1. The zero-order valence-electron chi connectivity index (χ0n) is 18.1. The molecular weight excluding hydrogens is 448 g/mol. The molecule has 3 rings (SSSR count). The molecule has 0 aliphatic heterocycles. The van der Waals surface area contributed by atoms with Crippen LogP contribution in [0.3, 0.4) is 0 Å². The van der Waals surface area contributed by atoms with Gasteiger partial charge in [0.05, 0.1) is 11.5 Å². The second kappa shape index (κ2) is 10.2. The van der Waals surface area contributed by atoms with Gasteiger partial charge >= 0.3 is 0 Å². The van der Waals surface area contributed by atoms with Crippen molar-refractivity contribution in [3.63, 3.8) is 0 Å². The smallest absolute Gasteiger partial charge is 0.255 e. The Morgan fingerprint density at radius 2 is 1.78 bits per heavy atom. The molecule has 0 aliphatic rings. The van der Waals surface area contributed by atoms with E-state index >= 15 is 0 Å². The van der Waals surface area contributed by atoms with Gasteiger partial charge in [-0.2, -0.15) is 4.31 Å². The molecule has 168 valence electrons. The molecule has 0 atom stereocenters. The number of halogens is 1. The number of benzene rings is 3. The van der Waals surface area contributed by atoms with Gasteiger partial charge in [-0.05, 0) is 61.9 Å². The highest BCUT2D eigenvalue weighted by molar-refractivity contribution is 7.89. The standard InChI is InChI=1S/C24H25ClN2O4S/c1-4-31-23-14-13-18(24(28)26-22-12-8-11-21(25)17(22)2)15-19(23)16-27(3)32(29,30)20-9-6-5-7-10-20/h5-15H,4,16H2,1-3H3,(H,26,28). The van der Waals surface area contributed by atoms with Gasteiger partial charge in [0.25, 0.3) is 5.91 Å². The van der Waals surface area contributed by atoms with Gasteiger partial charge in [0.2, 0.25) is 10.0 Å². The molecule has 1 N–H and O–H groups in total. The van der Waals surface area contributed by atoms with E-state index in [4.69, 9.17) is 16.3 Å². The van der Waals surface area contributed by atoms with Crippen molar-refractivity contribution in [1.82, 2.24) is 4.31 Å². The maximum atomic E-state index is 12.9. The monoisotopic (exact) mass is 472 g/mol. The van der Waals surface area contributed by atoms with Gasteiger partial charge in [0.1, 0.15) is 5.75 Å². The van der Waals surface area contributed by atoms with Gasteiger partial charge in [-0.1, -0.05) is 35.9 Å². The van der Waals surface area contributed by atoms with Crippen LogP contribution in [0, 0.1) is 6.92 Å². The van der Waals surface area contributed by atoms with E-state index in [-0.39, 0.29) is 17.3 Å². The van der Waals surface area contributed by atoms with E-state index in [1.807, 2.05) is 13.8 Å². The number of hydrogen-bond acceptors (Lipinski definition) is 4. The number of amides is 1. The summed E-state index contributed by atoms with van der Waals surface area (Å²) in [6.07, 6.45) is 0. The molecule has 0 heterocycles. The summed E-state index contributed by atoms with van der Waals surface area (Å²) in [6, 6.07) is 18.5. The van der Waals surface area contributed by atoms with Crippen LogP contribution in [0.1, 0.15) is 28.4 Å². The summed E-state index contributed by atoms with van der Waals surface area (Å²) in [5, 5.41) is 3.42. The Kier molecular flexibility index (Phi) is 7.56. The van der Waals surface area contributed by atoms with Crippen molar-refractivity contribution in [2.75, 3.05) is 19.0 Å². The van der Waals surface area contributed by atoms with Crippen LogP contribution in [-0.4, -0.2) is 32.3 Å². The van der Waals surface area contributed by atoms with Gasteiger partial charge in [-0.25, -0.2) is 8.42 Å². The van der Waals surface area contributed by atoms with Gasteiger partial charge < -0.3 is 10.1 Å². The average Bonchev–Trinajstić information content (AvgIpc) is 2.78. The van der Waals surface area contributed by atoms with E-state index in [1.54, 1.807) is 66.7 Å². The summed E-state index contributed by atoms with van der Waals surface area (Å²) in [5.41, 5.74) is 2.35. The molecule has 8 heteroatoms. The topological polar surface area (TPSA) is 75.7 Å². The fourth-order valence-corrected chi connectivity index (χ4v) is 4.52. The van der Waals surface area contributed by atoms with Crippen molar-refractivity contribution < 1.29 is 17.9 Å². The molecule has 0 saturated heterocycles. The number of ether oxygens (including phenoxy) is 1. The van der Waals surface area contributed by atoms with Gasteiger partial charge in [0, 0.05) is 35.4 Å². The van der Waals surface area contributed by atoms with Gasteiger partial charge in [0.15, 0.2) is 0 Å². The third-order valence-electron chi connectivity index (χ3n) is 4.98. The minimum absolute atomic E-state index is 0.0455. The quantitative estimate of drug-likeness (QED) is 0.493. The summed E-state index contributed by atoms with van der Waals surface area (Å²) in [6.45, 7) is 4.13. The number of carbonyl (C=O) groups is 1. The first-order chi connectivity index (χ1) is 15.2. The molecule has 0 radical (unpaired) electrons. The van der Waals surface area contributed by atoms with E-state index in [0.29, 0.717) is 34.2 Å². The number of hydrogen-bond donors (Lipinski definition) is 1. The molecule has 32 heavy (non-hydrogen) atoms. The summed E-state index contributed by atoms with van der Waals surface area (Å²) < 4.78 is 32.8. The van der Waals surface area contributed by atoms with E-state index in [2.05, 4.69) is 5.32 Å². The van der Waals surface area contributed by atoms with Crippen LogP contribution < -0.4 is 10.1 Å². The van der Waals surface area contributed by atoms with Crippen molar-refractivity contribution in [2.24, 2.45) is 0 Å². The van der Waals surface area contributed by atoms with Crippen LogP contribution in [0.25, 0.3) is 0 Å². The molecule has 0 unspecified atom stereocenters. The Morgan fingerprint density at radius 1 is 1.06 bits per heavy atom. The second-order valence-electron chi connectivity index (χ2n) is 7.20. The van der Waals surface area contributed by atoms with Crippen LogP contribution in [-0.2, 0) is 16.6 Å².